The molecule has 1 aliphatic heterocycles. The number of para-hydroxylation sites is 1. The summed E-state index contributed by atoms with van der Waals surface area (Å²) in [6, 6.07) is 11.7. The molecular formula is C20H19ClF2N2O2. The third-order valence-electron chi connectivity index (χ3n) is 4.21. The van der Waals surface area contributed by atoms with Crippen molar-refractivity contribution >= 4 is 35.0 Å². The van der Waals surface area contributed by atoms with Gasteiger partial charge in [-0.05, 0) is 43.2 Å². The van der Waals surface area contributed by atoms with Crippen molar-refractivity contribution in [3.63, 3.8) is 0 Å². The number of halogens is 3. The van der Waals surface area contributed by atoms with E-state index >= 15 is 0 Å². The molecule has 0 bridgehead atoms. The minimum absolute atomic E-state index is 0.0112. The number of alkyl halides is 2. The summed E-state index contributed by atoms with van der Waals surface area (Å²) in [5, 5.41) is 3.34. The molecule has 0 atom stereocenters. The molecule has 1 amide bonds. The minimum Gasteiger partial charge on any atom is -0.434 e. The number of nitrogens with one attached hydrogen (secondary N) is 1. The summed E-state index contributed by atoms with van der Waals surface area (Å²) in [7, 11) is 0. The van der Waals surface area contributed by atoms with Gasteiger partial charge in [0.2, 0.25) is 5.91 Å². The highest BCUT2D eigenvalue weighted by molar-refractivity contribution is 6.31. The molecule has 0 aromatic heterocycles. The Bertz CT molecular complexity index is 836. The van der Waals surface area contributed by atoms with Crippen molar-refractivity contribution < 1.29 is 18.3 Å². The average molecular weight is 393 g/mol. The first-order valence-electron chi connectivity index (χ1n) is 8.60. The minimum atomic E-state index is -2.93. The van der Waals surface area contributed by atoms with Gasteiger partial charge in [0, 0.05) is 29.8 Å². The van der Waals surface area contributed by atoms with Crippen LogP contribution in [0.4, 0.5) is 20.2 Å². The highest BCUT2D eigenvalue weighted by Crippen LogP contribution is 2.31. The van der Waals surface area contributed by atoms with Crippen LogP contribution in [0, 0.1) is 0 Å². The largest absolute Gasteiger partial charge is 0.434 e. The molecule has 4 nitrogen and oxygen atoms in total. The smallest absolute Gasteiger partial charge is 0.387 e. The van der Waals surface area contributed by atoms with Gasteiger partial charge in [0.25, 0.3) is 0 Å². The predicted molar refractivity (Wildman–Crippen MR) is 104 cm³/mol. The molecule has 2 aromatic rings. The first-order chi connectivity index (χ1) is 13.0. The standard InChI is InChI=1S/C20H19ClF2N2O2/c21-15-8-9-17(25-11-3-4-12-25)16(13-15)24-19(26)10-7-14-5-1-2-6-18(14)27-20(22)23/h1-2,5-10,13,20H,3-4,11-12H2,(H,24,26)/b10-7+. The summed E-state index contributed by atoms with van der Waals surface area (Å²) in [6.45, 7) is -1.07. The first kappa shape index (κ1) is 19.2. The lowest BCUT2D eigenvalue weighted by molar-refractivity contribution is -0.111. The third-order valence-corrected chi connectivity index (χ3v) is 4.45. The molecule has 0 unspecified atom stereocenters. The van der Waals surface area contributed by atoms with Crippen LogP contribution >= 0.6 is 11.6 Å². The van der Waals surface area contributed by atoms with Crippen molar-refractivity contribution in [1.29, 1.82) is 0 Å². The molecule has 2 aromatic carbocycles. The molecule has 1 aliphatic rings. The summed E-state index contributed by atoms with van der Waals surface area (Å²) < 4.78 is 29.4. The lowest BCUT2D eigenvalue weighted by atomic mass is 10.2. The van der Waals surface area contributed by atoms with Crippen LogP contribution < -0.4 is 15.0 Å². The van der Waals surface area contributed by atoms with Crippen LogP contribution in [0.3, 0.4) is 0 Å². The Labute approximate surface area is 161 Å². The maximum Gasteiger partial charge on any atom is 0.387 e. The third kappa shape index (κ3) is 5.20. The molecule has 0 saturated carbocycles. The molecule has 1 heterocycles. The van der Waals surface area contributed by atoms with E-state index in [4.69, 9.17) is 11.6 Å². The number of carbonyl (C=O) groups is 1. The van der Waals surface area contributed by atoms with Gasteiger partial charge in [0.05, 0.1) is 11.4 Å². The number of nitrogens with zero attached hydrogens (tertiary/aromatic N) is 1. The van der Waals surface area contributed by atoms with Gasteiger partial charge in [-0.3, -0.25) is 4.79 Å². The van der Waals surface area contributed by atoms with Crippen molar-refractivity contribution in [2.45, 2.75) is 19.5 Å². The van der Waals surface area contributed by atoms with Gasteiger partial charge < -0.3 is 15.0 Å². The van der Waals surface area contributed by atoms with E-state index in [1.165, 1.54) is 18.2 Å². The fourth-order valence-electron chi connectivity index (χ4n) is 3.00. The number of ether oxygens (including phenoxy) is 1. The fraction of sp³-hybridized carbons (Fsp3) is 0.250. The van der Waals surface area contributed by atoms with Gasteiger partial charge in [-0.2, -0.15) is 8.78 Å². The predicted octanol–water partition coefficient (Wildman–Crippen LogP) is 5.19. The van der Waals surface area contributed by atoms with Crippen LogP contribution in [-0.4, -0.2) is 25.6 Å². The maximum absolute atomic E-state index is 12.5. The Morgan fingerprint density at radius 2 is 1.93 bits per heavy atom. The van der Waals surface area contributed by atoms with E-state index in [0.29, 0.717) is 16.3 Å². The van der Waals surface area contributed by atoms with E-state index in [0.717, 1.165) is 31.6 Å². The maximum atomic E-state index is 12.5. The van der Waals surface area contributed by atoms with Gasteiger partial charge >= 0.3 is 6.61 Å². The van der Waals surface area contributed by atoms with Gasteiger partial charge in [-0.15, -0.1) is 0 Å². The average Bonchev–Trinajstić information content (AvgIpc) is 3.15. The van der Waals surface area contributed by atoms with Crippen molar-refractivity contribution in [3.8, 4) is 5.75 Å². The molecule has 7 heteroatoms. The molecule has 1 N–H and O–H groups in total. The summed E-state index contributed by atoms with van der Waals surface area (Å²) in [5.41, 5.74) is 1.93. The van der Waals surface area contributed by atoms with E-state index in [2.05, 4.69) is 15.0 Å². The van der Waals surface area contributed by atoms with Crippen LogP contribution in [0.2, 0.25) is 5.02 Å². The van der Waals surface area contributed by atoms with Crippen LogP contribution in [0.25, 0.3) is 6.08 Å². The number of amides is 1. The molecule has 1 fully saturated rings. The fourth-order valence-corrected chi connectivity index (χ4v) is 3.18. The number of hydrogen-bond acceptors (Lipinski definition) is 3. The van der Waals surface area contributed by atoms with E-state index in [9.17, 15) is 13.6 Å². The molecule has 0 radical (unpaired) electrons. The highest BCUT2D eigenvalue weighted by atomic mass is 35.5. The summed E-state index contributed by atoms with van der Waals surface area (Å²) >= 11 is 6.07. The lowest BCUT2D eigenvalue weighted by Gasteiger charge is -2.21. The normalized spacial score (nSPS) is 14.1. The quantitative estimate of drug-likeness (QED) is 0.687. The van der Waals surface area contributed by atoms with E-state index in [1.807, 2.05) is 6.07 Å². The Kier molecular flexibility index (Phi) is 6.29. The van der Waals surface area contributed by atoms with Crippen LogP contribution in [0.1, 0.15) is 18.4 Å². The number of benzene rings is 2. The topological polar surface area (TPSA) is 41.6 Å². The summed E-state index contributed by atoms with van der Waals surface area (Å²) in [6.07, 6.45) is 4.93. The Hall–Kier alpha value is -2.60. The molecule has 3 rings (SSSR count). The van der Waals surface area contributed by atoms with Crippen molar-refractivity contribution in [1.82, 2.24) is 0 Å². The highest BCUT2D eigenvalue weighted by Gasteiger charge is 2.17. The molecule has 0 aliphatic carbocycles. The second kappa shape index (κ2) is 8.86. The second-order valence-corrected chi connectivity index (χ2v) is 6.53. The van der Waals surface area contributed by atoms with Crippen LogP contribution in [0.15, 0.2) is 48.5 Å². The van der Waals surface area contributed by atoms with Crippen LogP contribution in [0.5, 0.6) is 5.75 Å². The summed E-state index contributed by atoms with van der Waals surface area (Å²) in [5.74, 6) is -0.373. The molecule has 1 saturated heterocycles. The number of hydrogen-bond donors (Lipinski definition) is 1. The number of rotatable bonds is 6. The SMILES string of the molecule is O=C(/C=C/c1ccccc1OC(F)F)Nc1cc(Cl)ccc1N1CCCC1. The van der Waals surface area contributed by atoms with Crippen molar-refractivity contribution in [2.24, 2.45) is 0 Å². The van der Waals surface area contributed by atoms with Gasteiger partial charge in [-0.25, -0.2) is 0 Å². The zero-order valence-corrected chi connectivity index (χ0v) is 15.3. The Morgan fingerprint density at radius 3 is 2.67 bits per heavy atom. The Balaban J connectivity index is 1.75. The van der Waals surface area contributed by atoms with Crippen molar-refractivity contribution in [3.05, 3.63) is 59.1 Å². The second-order valence-electron chi connectivity index (χ2n) is 6.09. The lowest BCUT2D eigenvalue weighted by Crippen LogP contribution is -2.20. The van der Waals surface area contributed by atoms with Gasteiger partial charge in [0.1, 0.15) is 5.75 Å². The van der Waals surface area contributed by atoms with Gasteiger partial charge in [-0.1, -0.05) is 29.8 Å². The van der Waals surface area contributed by atoms with E-state index in [-0.39, 0.29) is 11.7 Å². The van der Waals surface area contributed by atoms with E-state index < -0.39 is 6.61 Å². The zero-order valence-electron chi connectivity index (χ0n) is 14.5. The van der Waals surface area contributed by atoms with Gasteiger partial charge in [0.15, 0.2) is 0 Å². The van der Waals surface area contributed by atoms with E-state index in [1.54, 1.807) is 30.3 Å². The monoisotopic (exact) mass is 392 g/mol. The first-order valence-corrected chi connectivity index (χ1v) is 8.98. The zero-order chi connectivity index (χ0) is 19.2. The number of carbonyl (C=O) groups excluding carboxylic acids is 1. The molecular weight excluding hydrogens is 374 g/mol. The van der Waals surface area contributed by atoms with Crippen LogP contribution in [-0.2, 0) is 4.79 Å². The Morgan fingerprint density at radius 1 is 1.19 bits per heavy atom. The summed E-state index contributed by atoms with van der Waals surface area (Å²) in [4.78, 5) is 14.5. The molecule has 0 spiro atoms. The molecule has 27 heavy (non-hydrogen) atoms. The van der Waals surface area contributed by atoms with Crippen molar-refractivity contribution in [2.75, 3.05) is 23.3 Å². The molecule has 142 valence electrons. The number of anilines is 2.